The second-order valence-corrected chi connectivity index (χ2v) is 9.43. The lowest BCUT2D eigenvalue weighted by Gasteiger charge is -2.27. The smallest absolute Gasteiger partial charge is 0.295 e. The first-order valence-electron chi connectivity index (χ1n) is 12.4. The number of amides is 1. The number of carbonyl (C=O) groups is 2. The molecule has 2 aromatic rings. The Kier molecular flexibility index (Phi) is 9.75. The average molecular weight is 499 g/mol. The van der Waals surface area contributed by atoms with E-state index in [-0.39, 0.29) is 17.1 Å². The normalized spacial score (nSPS) is 17.5. The maximum absolute atomic E-state index is 13.1. The number of rotatable bonds is 12. The number of hydrogen-bond donors (Lipinski definition) is 2. The van der Waals surface area contributed by atoms with Gasteiger partial charge in [-0.25, -0.2) is 0 Å². The minimum Gasteiger partial charge on any atom is -0.508 e. The maximum atomic E-state index is 13.1. The molecule has 6 nitrogen and oxygen atoms in total. The fraction of sp³-hybridized carbons (Fsp3) is 0.429. The number of phenols is 1. The Morgan fingerprint density at radius 1 is 0.971 bits per heavy atom. The number of unbranched alkanes of at least 4 members (excludes halogenated alkanes) is 2. The number of aliphatic hydroxyl groups is 1. The molecule has 1 fully saturated rings. The van der Waals surface area contributed by atoms with Crippen LogP contribution in [0.2, 0.25) is 5.02 Å². The van der Waals surface area contributed by atoms with E-state index in [1.54, 1.807) is 36.4 Å². The molecule has 1 atom stereocenters. The summed E-state index contributed by atoms with van der Waals surface area (Å²) >= 11 is 5.98. The Morgan fingerprint density at radius 3 is 2.20 bits per heavy atom. The van der Waals surface area contributed by atoms with E-state index in [0.29, 0.717) is 29.1 Å². The Morgan fingerprint density at radius 2 is 1.60 bits per heavy atom. The lowest BCUT2D eigenvalue weighted by atomic mass is 9.95. The second-order valence-electron chi connectivity index (χ2n) is 9.00. The maximum Gasteiger partial charge on any atom is 0.295 e. The quantitative estimate of drug-likeness (QED) is 0.221. The zero-order valence-electron chi connectivity index (χ0n) is 20.5. The number of nitrogens with zero attached hydrogens (tertiary/aromatic N) is 2. The topological polar surface area (TPSA) is 81.1 Å². The SMILES string of the molecule is CCCCN(CCCC)CCCN1C(=O)C(=O)/C(=C(/O)c2ccc(Cl)cc2)C1c1cccc(O)c1. The third-order valence-corrected chi connectivity index (χ3v) is 6.62. The van der Waals surface area contributed by atoms with Crippen molar-refractivity contribution in [1.29, 1.82) is 0 Å². The first-order valence-corrected chi connectivity index (χ1v) is 12.8. The highest BCUT2D eigenvalue weighted by molar-refractivity contribution is 6.46. The zero-order valence-corrected chi connectivity index (χ0v) is 21.3. The molecule has 35 heavy (non-hydrogen) atoms. The van der Waals surface area contributed by atoms with E-state index >= 15 is 0 Å². The van der Waals surface area contributed by atoms with E-state index in [1.807, 2.05) is 0 Å². The van der Waals surface area contributed by atoms with Crippen molar-refractivity contribution in [3.8, 4) is 5.75 Å². The molecule has 0 aromatic heterocycles. The van der Waals surface area contributed by atoms with Crippen molar-refractivity contribution in [3.63, 3.8) is 0 Å². The van der Waals surface area contributed by atoms with E-state index in [4.69, 9.17) is 11.6 Å². The molecule has 1 aliphatic rings. The molecule has 0 aliphatic carbocycles. The van der Waals surface area contributed by atoms with Gasteiger partial charge < -0.3 is 20.0 Å². The predicted octanol–water partition coefficient (Wildman–Crippen LogP) is 5.76. The van der Waals surface area contributed by atoms with E-state index in [1.165, 1.54) is 17.0 Å². The van der Waals surface area contributed by atoms with Gasteiger partial charge in [0.15, 0.2) is 0 Å². The van der Waals surface area contributed by atoms with Crippen molar-refractivity contribution >= 4 is 29.1 Å². The molecule has 3 rings (SSSR count). The second kappa shape index (κ2) is 12.8. The van der Waals surface area contributed by atoms with Crippen LogP contribution in [0.3, 0.4) is 0 Å². The summed E-state index contributed by atoms with van der Waals surface area (Å²) in [7, 11) is 0. The van der Waals surface area contributed by atoms with Crippen LogP contribution in [0, 0.1) is 0 Å². The lowest BCUT2D eigenvalue weighted by Crippen LogP contribution is -2.34. The predicted molar refractivity (Wildman–Crippen MR) is 139 cm³/mol. The van der Waals surface area contributed by atoms with E-state index in [2.05, 4.69) is 18.7 Å². The summed E-state index contributed by atoms with van der Waals surface area (Å²) in [5, 5.41) is 21.7. The molecule has 2 aromatic carbocycles. The third-order valence-electron chi connectivity index (χ3n) is 6.37. The van der Waals surface area contributed by atoms with Crippen molar-refractivity contribution in [2.75, 3.05) is 26.2 Å². The molecule has 1 aliphatic heterocycles. The number of carbonyl (C=O) groups excluding carboxylic acids is 2. The summed E-state index contributed by atoms with van der Waals surface area (Å²) in [4.78, 5) is 30.2. The molecule has 1 heterocycles. The minimum atomic E-state index is -0.780. The number of aliphatic hydroxyl groups excluding tert-OH is 1. The largest absolute Gasteiger partial charge is 0.508 e. The highest BCUT2D eigenvalue weighted by atomic mass is 35.5. The molecule has 7 heteroatoms. The molecule has 1 saturated heterocycles. The Labute approximate surface area is 212 Å². The van der Waals surface area contributed by atoms with Gasteiger partial charge in [0.25, 0.3) is 11.7 Å². The fourth-order valence-electron chi connectivity index (χ4n) is 4.48. The number of phenolic OH excluding ortho intramolecular Hbond substituents is 1. The van der Waals surface area contributed by atoms with Crippen LogP contribution in [0.5, 0.6) is 5.75 Å². The minimum absolute atomic E-state index is 0.0248. The molecule has 2 N–H and O–H groups in total. The van der Waals surface area contributed by atoms with Gasteiger partial charge in [-0.2, -0.15) is 0 Å². The van der Waals surface area contributed by atoms with Crippen LogP contribution in [-0.4, -0.2) is 57.9 Å². The number of likely N-dealkylation sites (tertiary alicyclic amines) is 1. The Hall–Kier alpha value is -2.83. The molecule has 1 unspecified atom stereocenters. The monoisotopic (exact) mass is 498 g/mol. The van der Waals surface area contributed by atoms with Crippen molar-refractivity contribution < 1.29 is 19.8 Å². The first-order chi connectivity index (χ1) is 16.9. The van der Waals surface area contributed by atoms with Crippen molar-refractivity contribution in [1.82, 2.24) is 9.80 Å². The lowest BCUT2D eigenvalue weighted by molar-refractivity contribution is -0.140. The van der Waals surface area contributed by atoms with Crippen LogP contribution >= 0.6 is 11.6 Å². The van der Waals surface area contributed by atoms with Crippen molar-refractivity contribution in [2.24, 2.45) is 0 Å². The Bertz CT molecular complexity index is 1040. The standard InChI is InChI=1S/C28H35ClN2O4/c1-3-5-15-30(16-6-4-2)17-8-18-31-25(21-9-7-10-23(32)19-21)24(27(34)28(31)35)26(33)20-11-13-22(29)14-12-20/h7,9-14,19,25,32-33H,3-6,8,15-18H2,1-2H3/b26-24+. The molecule has 0 spiro atoms. The number of ketones is 1. The van der Waals surface area contributed by atoms with Gasteiger partial charge in [-0.3, -0.25) is 9.59 Å². The van der Waals surface area contributed by atoms with Gasteiger partial charge in [-0.05, 0) is 80.9 Å². The number of halogens is 1. The van der Waals surface area contributed by atoms with E-state index in [9.17, 15) is 19.8 Å². The number of aromatic hydroxyl groups is 1. The van der Waals surface area contributed by atoms with Crippen LogP contribution in [-0.2, 0) is 9.59 Å². The van der Waals surface area contributed by atoms with Crippen molar-refractivity contribution in [3.05, 3.63) is 70.3 Å². The summed E-state index contributed by atoms with van der Waals surface area (Å²) < 4.78 is 0. The third kappa shape index (κ3) is 6.65. The van der Waals surface area contributed by atoms with Gasteiger partial charge in [0, 0.05) is 17.1 Å². The van der Waals surface area contributed by atoms with Crippen LogP contribution in [0.1, 0.15) is 63.1 Å². The van der Waals surface area contributed by atoms with Crippen LogP contribution in [0.25, 0.3) is 5.76 Å². The molecule has 0 radical (unpaired) electrons. The van der Waals surface area contributed by atoms with E-state index < -0.39 is 17.7 Å². The van der Waals surface area contributed by atoms with Gasteiger partial charge in [0.2, 0.25) is 0 Å². The van der Waals surface area contributed by atoms with Gasteiger partial charge in [-0.15, -0.1) is 0 Å². The van der Waals surface area contributed by atoms with Crippen LogP contribution in [0.15, 0.2) is 54.1 Å². The molecular formula is C28H35ClN2O4. The van der Waals surface area contributed by atoms with Crippen molar-refractivity contribution in [2.45, 2.75) is 52.0 Å². The van der Waals surface area contributed by atoms with E-state index in [0.717, 1.165) is 45.3 Å². The molecule has 1 amide bonds. The van der Waals surface area contributed by atoms with Crippen LogP contribution < -0.4 is 0 Å². The number of Topliss-reactive ketones (excluding diaryl/α,β-unsaturated/α-hetero) is 1. The van der Waals surface area contributed by atoms with Gasteiger partial charge >= 0.3 is 0 Å². The van der Waals surface area contributed by atoms with Crippen LogP contribution in [0.4, 0.5) is 0 Å². The number of hydrogen-bond acceptors (Lipinski definition) is 5. The summed E-state index contributed by atoms with van der Waals surface area (Å²) in [6.07, 6.45) is 5.20. The summed E-state index contributed by atoms with van der Waals surface area (Å²) in [6.45, 7) is 7.58. The highest BCUT2D eigenvalue weighted by Crippen LogP contribution is 2.40. The molecular weight excluding hydrogens is 464 g/mol. The highest BCUT2D eigenvalue weighted by Gasteiger charge is 2.45. The molecule has 0 bridgehead atoms. The molecule has 0 saturated carbocycles. The molecule has 188 valence electrons. The fourth-order valence-corrected chi connectivity index (χ4v) is 4.60. The van der Waals surface area contributed by atoms with Gasteiger partial charge in [0.05, 0.1) is 11.6 Å². The average Bonchev–Trinajstić information content (AvgIpc) is 3.10. The summed E-state index contributed by atoms with van der Waals surface area (Å²) in [6, 6.07) is 12.2. The Balaban J connectivity index is 1.91. The first kappa shape index (κ1) is 26.8. The van der Waals surface area contributed by atoms with Gasteiger partial charge in [0.1, 0.15) is 11.5 Å². The summed E-state index contributed by atoms with van der Waals surface area (Å²) in [5.74, 6) is -1.57. The summed E-state index contributed by atoms with van der Waals surface area (Å²) in [5.41, 5.74) is 1.01. The number of benzene rings is 2. The zero-order chi connectivity index (χ0) is 25.4. The van der Waals surface area contributed by atoms with Gasteiger partial charge in [-0.1, -0.05) is 50.4 Å².